The molecule has 0 bridgehead atoms. The van der Waals surface area contributed by atoms with E-state index in [0.717, 1.165) is 36.4 Å². The fourth-order valence-corrected chi connectivity index (χ4v) is 3.99. The van der Waals surface area contributed by atoms with Gasteiger partial charge < -0.3 is 39.6 Å². The number of benzene rings is 2. The van der Waals surface area contributed by atoms with Gasteiger partial charge in [0.25, 0.3) is 20.2 Å². The Kier molecular flexibility index (Phi) is 10.7. The average Bonchev–Trinajstić information content (AvgIpc) is 2.65. The first kappa shape index (κ1) is 30.5. The number of carbonyl (C=O) groups is 4. The fraction of sp³-hybridized carbons (Fsp3) is 0. The summed E-state index contributed by atoms with van der Waals surface area (Å²) in [6.45, 7) is 0. The number of hydrogen-bond donors (Lipinski definition) is 2. The van der Waals surface area contributed by atoms with Gasteiger partial charge in [0.1, 0.15) is 9.79 Å². The van der Waals surface area contributed by atoms with Crippen molar-refractivity contribution in [2.45, 2.75) is 9.79 Å². The van der Waals surface area contributed by atoms with Crippen molar-refractivity contribution in [1.82, 2.24) is 0 Å². The predicted molar refractivity (Wildman–Crippen MR) is 89.8 cm³/mol. The Morgan fingerprint density at radius 2 is 0.727 bits per heavy atom. The molecule has 0 aliphatic rings. The molecule has 0 aromatic heterocycles. The molecule has 17 heteroatoms. The first-order valence-corrected chi connectivity index (χ1v) is 10.4. The Hall–Kier alpha value is -2.54. The van der Waals surface area contributed by atoms with E-state index in [1.807, 2.05) is 0 Å². The molecule has 0 unspecified atom stereocenters. The predicted octanol–water partition coefficient (Wildman–Crippen LogP) is -4.68. The summed E-state index contributed by atoms with van der Waals surface area (Å²) in [6.07, 6.45) is 0. The number of carbonyl (C=O) groups excluding carboxylic acids is 4. The molecule has 0 heterocycles. The van der Waals surface area contributed by atoms with Crippen LogP contribution >= 0.6 is 0 Å². The minimum absolute atomic E-state index is 0. The third kappa shape index (κ3) is 7.78. The van der Waals surface area contributed by atoms with E-state index in [1.54, 1.807) is 0 Å². The first-order chi connectivity index (χ1) is 14.5. The molecular formula is C16H8O14S2Th. The van der Waals surface area contributed by atoms with Gasteiger partial charge in [-0.05, 0) is 0 Å². The van der Waals surface area contributed by atoms with Gasteiger partial charge in [-0.1, -0.05) is 36.4 Å². The van der Waals surface area contributed by atoms with Crippen LogP contribution < -0.4 is 20.4 Å². The summed E-state index contributed by atoms with van der Waals surface area (Å²) in [5.41, 5.74) is -3.76. The molecule has 2 aromatic carbocycles. The second-order valence-corrected chi connectivity index (χ2v) is 8.18. The topological polar surface area (TPSA) is 269 Å². The van der Waals surface area contributed by atoms with E-state index in [2.05, 4.69) is 0 Å². The van der Waals surface area contributed by atoms with Crippen LogP contribution in [0.25, 0.3) is 0 Å². The van der Waals surface area contributed by atoms with E-state index < -0.39 is 76.2 Å². The van der Waals surface area contributed by atoms with Crippen molar-refractivity contribution in [2.24, 2.45) is 0 Å². The summed E-state index contributed by atoms with van der Waals surface area (Å²) in [5, 5.41) is 42.2. The normalized spacial score (nSPS) is 10.7. The minimum atomic E-state index is -5.00. The number of carboxylic acid groups (broad SMARTS) is 4. The molecule has 172 valence electrons. The van der Waals surface area contributed by atoms with Crippen LogP contribution in [0.4, 0.5) is 0 Å². The van der Waals surface area contributed by atoms with Crippen LogP contribution in [0.3, 0.4) is 0 Å². The third-order valence-corrected chi connectivity index (χ3v) is 5.34. The van der Waals surface area contributed by atoms with Crippen LogP contribution in [0.2, 0.25) is 0 Å². The maximum atomic E-state index is 10.9. The fourth-order valence-electron chi connectivity index (χ4n) is 2.27. The molecule has 0 radical (unpaired) electrons. The van der Waals surface area contributed by atoms with E-state index >= 15 is 0 Å². The van der Waals surface area contributed by atoms with Crippen molar-refractivity contribution in [3.63, 3.8) is 0 Å². The second kappa shape index (κ2) is 11.5. The zero-order chi connectivity index (χ0) is 25.0. The molecule has 2 N–H and O–H groups in total. The zero-order valence-corrected chi connectivity index (χ0v) is 21.3. The molecule has 2 aromatic rings. The van der Waals surface area contributed by atoms with Crippen LogP contribution in [0.15, 0.2) is 46.2 Å². The quantitative estimate of drug-likeness (QED) is 0.266. The van der Waals surface area contributed by atoms with E-state index in [4.69, 9.17) is 9.11 Å². The summed E-state index contributed by atoms with van der Waals surface area (Å²) in [4.78, 5) is 39.7. The molecule has 0 amide bonds. The van der Waals surface area contributed by atoms with Crippen molar-refractivity contribution >= 4 is 44.1 Å². The smallest absolute Gasteiger partial charge is 0.545 e. The molecule has 0 atom stereocenters. The number of aromatic carboxylic acids is 4. The van der Waals surface area contributed by atoms with Gasteiger partial charge in [0.05, 0.1) is 23.9 Å². The molecule has 0 aliphatic carbocycles. The van der Waals surface area contributed by atoms with Gasteiger partial charge in [-0.15, -0.1) is 0 Å². The van der Waals surface area contributed by atoms with Crippen LogP contribution in [-0.2, 0) is 20.2 Å². The van der Waals surface area contributed by atoms with Crippen LogP contribution in [0, 0.1) is 39.9 Å². The van der Waals surface area contributed by atoms with Crippen molar-refractivity contribution in [3.05, 3.63) is 58.7 Å². The second-order valence-electron chi connectivity index (χ2n) is 5.46. The van der Waals surface area contributed by atoms with E-state index in [-0.39, 0.29) is 39.9 Å². The van der Waals surface area contributed by atoms with E-state index in [0.29, 0.717) is 0 Å². The molecule has 0 spiro atoms. The van der Waals surface area contributed by atoms with Crippen molar-refractivity contribution < 1.29 is 105 Å². The van der Waals surface area contributed by atoms with E-state index in [9.17, 15) is 56.4 Å². The van der Waals surface area contributed by atoms with Gasteiger partial charge in [0, 0.05) is 22.3 Å². The van der Waals surface area contributed by atoms with Crippen molar-refractivity contribution in [2.75, 3.05) is 0 Å². The maximum absolute atomic E-state index is 10.9. The summed E-state index contributed by atoms with van der Waals surface area (Å²) < 4.78 is 60.9. The molecular weight excluding hydrogens is 712 g/mol. The van der Waals surface area contributed by atoms with Crippen LogP contribution in [-0.4, -0.2) is 49.8 Å². The molecule has 0 fully saturated rings. The van der Waals surface area contributed by atoms with Gasteiger partial charge in [0.2, 0.25) is 0 Å². The monoisotopic (exact) mass is 720 g/mol. The molecule has 0 aliphatic heterocycles. The van der Waals surface area contributed by atoms with Crippen LogP contribution in [0.5, 0.6) is 0 Å². The Labute approximate surface area is 216 Å². The van der Waals surface area contributed by atoms with Crippen LogP contribution in [0.1, 0.15) is 41.4 Å². The Morgan fingerprint density at radius 1 is 0.545 bits per heavy atom. The average molecular weight is 720 g/mol. The van der Waals surface area contributed by atoms with Crippen molar-refractivity contribution in [1.29, 1.82) is 0 Å². The summed E-state index contributed by atoms with van der Waals surface area (Å²) in [6, 6.07) is 5.17. The minimum Gasteiger partial charge on any atom is -0.545 e. The Balaban J connectivity index is 0.000000602. The molecule has 33 heavy (non-hydrogen) atoms. The Bertz CT molecular complexity index is 1160. The van der Waals surface area contributed by atoms with Gasteiger partial charge in [0.15, 0.2) is 0 Å². The number of rotatable bonds is 6. The van der Waals surface area contributed by atoms with Gasteiger partial charge >= 0.3 is 39.9 Å². The number of hydrogen-bond acceptors (Lipinski definition) is 12. The standard InChI is InChI=1S/2C8H6O7S.Th/c2*9-7(10)4-2-1-3-5(8(11)12)6(4)16(13,14)15;/h2*1-3H,(H,9,10)(H,11,12)(H,13,14,15);/q;;+4/p-4. The largest absolute Gasteiger partial charge is 4.00 e. The van der Waals surface area contributed by atoms with Gasteiger partial charge in [-0.25, -0.2) is 0 Å². The SMILES string of the molecule is O=C([O-])c1cccc(C(=O)[O-])c1S(=O)(=O)O.O=C([O-])c1cccc(C(=O)[O-])c1S(=O)(=O)O.[Th+4]. The van der Waals surface area contributed by atoms with E-state index in [1.165, 1.54) is 0 Å². The summed E-state index contributed by atoms with van der Waals surface area (Å²) in [7, 11) is -9.99. The Morgan fingerprint density at radius 3 is 0.848 bits per heavy atom. The maximum Gasteiger partial charge on any atom is 4.00 e. The number of carboxylic acids is 4. The van der Waals surface area contributed by atoms with Gasteiger partial charge in [-0.3, -0.25) is 9.11 Å². The third-order valence-electron chi connectivity index (χ3n) is 3.43. The van der Waals surface area contributed by atoms with Gasteiger partial charge in [-0.2, -0.15) is 16.8 Å². The first-order valence-electron chi connectivity index (χ1n) is 7.56. The van der Waals surface area contributed by atoms with Crippen molar-refractivity contribution in [3.8, 4) is 0 Å². The molecule has 0 saturated heterocycles. The summed E-state index contributed by atoms with van der Waals surface area (Å²) >= 11 is 0. The summed E-state index contributed by atoms with van der Waals surface area (Å²) in [5.74, 6) is -7.68. The zero-order valence-electron chi connectivity index (χ0n) is 15.6. The molecule has 14 nitrogen and oxygen atoms in total. The molecule has 2 rings (SSSR count). The molecule has 0 saturated carbocycles.